The number of hydrogen-bond acceptors (Lipinski definition) is 5. The number of phenolic OH excluding ortho intramolecular Hbond substituents is 1. The third-order valence-electron chi connectivity index (χ3n) is 2.36. The van der Waals surface area contributed by atoms with Crippen molar-refractivity contribution in [3.8, 4) is 5.75 Å². The van der Waals surface area contributed by atoms with E-state index < -0.39 is 0 Å². The molecule has 0 radical (unpaired) electrons. The van der Waals surface area contributed by atoms with Crippen molar-refractivity contribution in [1.82, 2.24) is 0 Å². The molecular formula is C12H11NO3S. The lowest BCUT2D eigenvalue weighted by Crippen LogP contribution is -2.04. The molecule has 1 aliphatic heterocycles. The maximum absolute atomic E-state index is 11.5. The van der Waals surface area contributed by atoms with Crippen molar-refractivity contribution < 1.29 is 15.0 Å². The Balaban J connectivity index is 2.39. The van der Waals surface area contributed by atoms with Gasteiger partial charge in [0.15, 0.2) is 0 Å². The number of para-hydroxylation sites is 2. The van der Waals surface area contributed by atoms with Crippen LogP contribution in [0.2, 0.25) is 0 Å². The maximum Gasteiger partial charge on any atom is 0.225 e. The van der Waals surface area contributed by atoms with Gasteiger partial charge in [0.25, 0.3) is 0 Å². The van der Waals surface area contributed by atoms with E-state index >= 15 is 0 Å². The summed E-state index contributed by atoms with van der Waals surface area (Å²) in [5.41, 5.74) is 1.05. The number of hydrogen-bond donors (Lipinski definition) is 2. The van der Waals surface area contributed by atoms with Gasteiger partial charge in [-0.2, -0.15) is 0 Å². The monoisotopic (exact) mass is 249 g/mol. The minimum atomic E-state index is -0.181. The summed E-state index contributed by atoms with van der Waals surface area (Å²) < 4.78 is 0. The van der Waals surface area contributed by atoms with Crippen molar-refractivity contribution in [1.29, 1.82) is 0 Å². The zero-order valence-corrected chi connectivity index (χ0v) is 9.99. The molecule has 0 aromatic heterocycles. The van der Waals surface area contributed by atoms with Gasteiger partial charge < -0.3 is 10.2 Å². The quantitative estimate of drug-likeness (QED) is 0.790. The molecule has 0 saturated carbocycles. The molecule has 0 amide bonds. The summed E-state index contributed by atoms with van der Waals surface area (Å²) in [4.78, 5) is 15.7. The molecule has 0 unspecified atom stereocenters. The number of nitrogens with zero attached hydrogens (tertiary/aromatic N) is 1. The molecule has 0 aliphatic carbocycles. The van der Waals surface area contributed by atoms with E-state index in [1.165, 1.54) is 6.07 Å². The number of carbonyl (C=O) groups excluding carboxylic acids is 1. The summed E-state index contributed by atoms with van der Waals surface area (Å²) in [6.07, 6.45) is 0. The lowest BCUT2D eigenvalue weighted by atomic mass is 10.1. The second-order valence-corrected chi connectivity index (χ2v) is 4.53. The molecule has 0 saturated heterocycles. The summed E-state index contributed by atoms with van der Waals surface area (Å²) in [5.74, 6) is 0.392. The van der Waals surface area contributed by atoms with Crippen molar-refractivity contribution in [3.63, 3.8) is 0 Å². The van der Waals surface area contributed by atoms with Crippen LogP contribution in [0.1, 0.15) is 6.92 Å². The van der Waals surface area contributed by atoms with Crippen molar-refractivity contribution in [2.75, 3.05) is 5.75 Å². The van der Waals surface area contributed by atoms with Crippen molar-refractivity contribution >= 4 is 28.3 Å². The Hall–Kier alpha value is -1.75. The lowest BCUT2D eigenvalue weighted by Gasteiger charge is -2.02. The summed E-state index contributed by atoms with van der Waals surface area (Å²) in [7, 11) is 0. The van der Waals surface area contributed by atoms with E-state index in [9.17, 15) is 15.0 Å². The van der Waals surface area contributed by atoms with Crippen molar-refractivity contribution in [2.24, 2.45) is 4.99 Å². The number of aliphatic hydroxyl groups is 1. The van der Waals surface area contributed by atoms with Gasteiger partial charge in [0, 0.05) is 0 Å². The third kappa shape index (κ3) is 2.34. The Morgan fingerprint density at radius 3 is 2.65 bits per heavy atom. The van der Waals surface area contributed by atoms with Gasteiger partial charge in [0.1, 0.15) is 17.2 Å². The molecule has 0 atom stereocenters. The second kappa shape index (κ2) is 4.63. The van der Waals surface area contributed by atoms with E-state index in [-0.39, 0.29) is 22.2 Å². The molecule has 2 N–H and O–H groups in total. The van der Waals surface area contributed by atoms with E-state index in [0.29, 0.717) is 17.2 Å². The van der Waals surface area contributed by atoms with Gasteiger partial charge in [0.05, 0.1) is 17.0 Å². The average molecular weight is 249 g/mol. The molecule has 0 fully saturated rings. The predicted molar refractivity (Wildman–Crippen MR) is 68.0 cm³/mol. The first-order valence-corrected chi connectivity index (χ1v) is 6.01. The standard InChI is InChI=1S/C12H11NO3S/c1-7(11-10(15)6-17-12(11)16)13-8-4-2-3-5-9(8)14/h2-5,14-15H,6H2,1H3. The number of aliphatic hydroxyl groups excluding tert-OH is 1. The van der Waals surface area contributed by atoms with E-state index in [4.69, 9.17) is 0 Å². The number of rotatable bonds is 2. The molecule has 17 heavy (non-hydrogen) atoms. The fourth-order valence-electron chi connectivity index (χ4n) is 1.55. The molecule has 1 heterocycles. The van der Waals surface area contributed by atoms with Gasteiger partial charge in [-0.1, -0.05) is 23.9 Å². The normalized spacial score (nSPS) is 16.8. The van der Waals surface area contributed by atoms with Crippen LogP contribution < -0.4 is 0 Å². The Labute approximate surface area is 103 Å². The molecule has 0 spiro atoms. The van der Waals surface area contributed by atoms with Gasteiger partial charge in [-0.3, -0.25) is 4.79 Å². The van der Waals surface area contributed by atoms with Crippen LogP contribution >= 0.6 is 11.8 Å². The second-order valence-electron chi connectivity index (χ2n) is 3.58. The minimum Gasteiger partial charge on any atom is -0.511 e. The first kappa shape index (κ1) is 11.7. The van der Waals surface area contributed by atoms with E-state index in [1.807, 2.05) is 0 Å². The highest BCUT2D eigenvalue weighted by atomic mass is 32.2. The Kier molecular flexibility index (Phi) is 3.19. The largest absolute Gasteiger partial charge is 0.511 e. The molecule has 1 aromatic rings. The molecule has 1 aliphatic rings. The topological polar surface area (TPSA) is 69.9 Å². The molecule has 0 bridgehead atoms. The van der Waals surface area contributed by atoms with Gasteiger partial charge in [0.2, 0.25) is 5.12 Å². The number of aliphatic imine (C=N–C) groups is 1. The maximum atomic E-state index is 11.5. The summed E-state index contributed by atoms with van der Waals surface area (Å²) in [5, 5.41) is 18.9. The molecule has 4 nitrogen and oxygen atoms in total. The van der Waals surface area contributed by atoms with Crippen LogP contribution in [0.5, 0.6) is 5.75 Å². The van der Waals surface area contributed by atoms with E-state index in [0.717, 1.165) is 11.8 Å². The first-order valence-electron chi connectivity index (χ1n) is 5.02. The number of thioether (sulfide) groups is 1. The Morgan fingerprint density at radius 1 is 1.35 bits per heavy atom. The highest BCUT2D eigenvalue weighted by Crippen LogP contribution is 2.29. The van der Waals surface area contributed by atoms with Crippen LogP contribution in [0, 0.1) is 0 Å². The van der Waals surface area contributed by atoms with Gasteiger partial charge in [-0.25, -0.2) is 4.99 Å². The van der Waals surface area contributed by atoms with E-state index in [2.05, 4.69) is 4.99 Å². The smallest absolute Gasteiger partial charge is 0.225 e. The van der Waals surface area contributed by atoms with Crippen LogP contribution in [0.15, 0.2) is 40.6 Å². The number of benzene rings is 1. The summed E-state index contributed by atoms with van der Waals surface area (Å²) in [6.45, 7) is 1.64. The third-order valence-corrected chi connectivity index (χ3v) is 3.25. The predicted octanol–water partition coefficient (Wildman–Crippen LogP) is 2.57. The highest BCUT2D eigenvalue weighted by molar-refractivity contribution is 8.14. The fraction of sp³-hybridized carbons (Fsp3) is 0.167. The van der Waals surface area contributed by atoms with Crippen LogP contribution in [-0.4, -0.2) is 26.8 Å². The van der Waals surface area contributed by atoms with Gasteiger partial charge in [-0.05, 0) is 19.1 Å². The number of phenols is 1. The minimum absolute atomic E-state index is 0.0463. The number of aromatic hydroxyl groups is 1. The van der Waals surface area contributed by atoms with Crippen molar-refractivity contribution in [3.05, 3.63) is 35.6 Å². The Bertz CT molecular complexity index is 534. The summed E-state index contributed by atoms with van der Waals surface area (Å²) >= 11 is 1.05. The van der Waals surface area contributed by atoms with Crippen molar-refractivity contribution in [2.45, 2.75) is 6.92 Å². The molecular weight excluding hydrogens is 238 g/mol. The van der Waals surface area contributed by atoms with Gasteiger partial charge in [-0.15, -0.1) is 0 Å². The van der Waals surface area contributed by atoms with E-state index in [1.54, 1.807) is 25.1 Å². The molecule has 2 rings (SSSR count). The SMILES string of the molecule is CC(=Nc1ccccc1O)C1=C(O)CSC1=O. The Morgan fingerprint density at radius 2 is 2.06 bits per heavy atom. The van der Waals surface area contributed by atoms with Gasteiger partial charge >= 0.3 is 0 Å². The number of carbonyl (C=O) groups is 1. The zero-order valence-electron chi connectivity index (χ0n) is 9.17. The highest BCUT2D eigenvalue weighted by Gasteiger charge is 2.25. The molecule has 88 valence electrons. The fourth-order valence-corrected chi connectivity index (χ4v) is 2.37. The van der Waals surface area contributed by atoms with Crippen LogP contribution in [0.3, 0.4) is 0 Å². The van der Waals surface area contributed by atoms with Crippen LogP contribution in [0.25, 0.3) is 0 Å². The molecule has 1 aromatic carbocycles. The average Bonchev–Trinajstić information content (AvgIpc) is 2.62. The summed E-state index contributed by atoms with van der Waals surface area (Å²) in [6, 6.07) is 6.59. The zero-order chi connectivity index (χ0) is 12.4. The van der Waals surface area contributed by atoms with Crippen LogP contribution in [0.4, 0.5) is 5.69 Å². The lowest BCUT2D eigenvalue weighted by molar-refractivity contribution is -0.107. The molecule has 5 heteroatoms. The van der Waals surface area contributed by atoms with Crippen LogP contribution in [-0.2, 0) is 4.79 Å². The first-order chi connectivity index (χ1) is 8.09.